The van der Waals surface area contributed by atoms with Crippen LogP contribution in [0.3, 0.4) is 0 Å². The summed E-state index contributed by atoms with van der Waals surface area (Å²) in [4.78, 5) is 14.2. The molecule has 0 aromatic heterocycles. The zero-order valence-electron chi connectivity index (χ0n) is 14.3. The molecule has 1 aliphatic rings. The second-order valence-electron chi connectivity index (χ2n) is 6.24. The number of nitrogens with zero attached hydrogens (tertiary/aromatic N) is 1. The van der Waals surface area contributed by atoms with Gasteiger partial charge in [-0.25, -0.2) is 9.18 Å². The summed E-state index contributed by atoms with van der Waals surface area (Å²) in [5.74, 6) is 0.436. The van der Waals surface area contributed by atoms with Crippen molar-refractivity contribution in [1.29, 1.82) is 0 Å². The molecule has 0 radical (unpaired) electrons. The Labute approximate surface area is 146 Å². The Hall–Kier alpha value is -2.76. The van der Waals surface area contributed by atoms with Gasteiger partial charge < -0.3 is 20.1 Å². The molecule has 25 heavy (non-hydrogen) atoms. The van der Waals surface area contributed by atoms with Crippen LogP contribution in [-0.4, -0.2) is 29.2 Å². The molecule has 0 spiro atoms. The Morgan fingerprint density at radius 2 is 2.12 bits per heavy atom. The molecule has 0 unspecified atom stereocenters. The standard InChI is InChI=1S/C19H21FN2O3/c1-12-3-4-14(9-17(12)20)13(2)21-19(24)22-7-8-25-18-10-16(23)6-5-15(18)11-22/h3-6,9-10,13,23H,7-8,11H2,1-2H3,(H,21,24)/t13-/m1/s1. The van der Waals surface area contributed by atoms with Gasteiger partial charge in [0.25, 0.3) is 0 Å². The molecule has 0 saturated heterocycles. The van der Waals surface area contributed by atoms with Crippen LogP contribution in [0.5, 0.6) is 11.5 Å². The number of amides is 2. The van der Waals surface area contributed by atoms with Crippen LogP contribution in [0.2, 0.25) is 0 Å². The molecule has 1 atom stereocenters. The third-order valence-electron chi connectivity index (χ3n) is 4.35. The topological polar surface area (TPSA) is 61.8 Å². The first kappa shape index (κ1) is 17.1. The van der Waals surface area contributed by atoms with Gasteiger partial charge in [-0.1, -0.05) is 12.1 Å². The van der Waals surface area contributed by atoms with Gasteiger partial charge in [-0.05, 0) is 43.2 Å². The summed E-state index contributed by atoms with van der Waals surface area (Å²) < 4.78 is 19.3. The predicted molar refractivity (Wildman–Crippen MR) is 92.1 cm³/mol. The summed E-state index contributed by atoms with van der Waals surface area (Å²) in [5.41, 5.74) is 2.12. The Morgan fingerprint density at radius 3 is 2.88 bits per heavy atom. The number of carbonyl (C=O) groups excluding carboxylic acids is 1. The molecule has 132 valence electrons. The number of nitrogens with one attached hydrogen (secondary N) is 1. The molecule has 1 aliphatic heterocycles. The first-order valence-corrected chi connectivity index (χ1v) is 8.20. The second kappa shape index (κ2) is 7.01. The molecule has 0 aliphatic carbocycles. The van der Waals surface area contributed by atoms with E-state index < -0.39 is 0 Å². The van der Waals surface area contributed by atoms with Gasteiger partial charge in [0.15, 0.2) is 0 Å². The number of phenols is 1. The van der Waals surface area contributed by atoms with Crippen LogP contribution in [0.1, 0.15) is 29.7 Å². The van der Waals surface area contributed by atoms with E-state index in [-0.39, 0.29) is 23.6 Å². The average molecular weight is 344 g/mol. The molecule has 2 N–H and O–H groups in total. The van der Waals surface area contributed by atoms with Crippen LogP contribution < -0.4 is 10.1 Å². The smallest absolute Gasteiger partial charge is 0.318 e. The minimum absolute atomic E-state index is 0.131. The number of aromatic hydroxyl groups is 1. The lowest BCUT2D eigenvalue weighted by Crippen LogP contribution is -2.41. The van der Waals surface area contributed by atoms with Crippen LogP contribution >= 0.6 is 0 Å². The summed E-state index contributed by atoms with van der Waals surface area (Å²) in [6.07, 6.45) is 0. The predicted octanol–water partition coefficient (Wildman–Crippen LogP) is 3.50. The van der Waals surface area contributed by atoms with Gasteiger partial charge in [-0.2, -0.15) is 0 Å². The lowest BCUT2D eigenvalue weighted by Gasteiger charge is -2.23. The molecule has 2 aromatic rings. The van der Waals surface area contributed by atoms with Crippen molar-refractivity contribution < 1.29 is 19.0 Å². The number of aryl methyl sites for hydroxylation is 1. The number of fused-ring (bicyclic) bond motifs is 1. The van der Waals surface area contributed by atoms with Crippen molar-refractivity contribution in [3.8, 4) is 11.5 Å². The van der Waals surface area contributed by atoms with Crippen LogP contribution in [0, 0.1) is 12.7 Å². The number of hydrogen-bond acceptors (Lipinski definition) is 3. The van der Waals surface area contributed by atoms with E-state index in [0.717, 1.165) is 5.56 Å². The molecular weight excluding hydrogens is 323 g/mol. The Balaban J connectivity index is 1.70. The third-order valence-corrected chi connectivity index (χ3v) is 4.35. The lowest BCUT2D eigenvalue weighted by atomic mass is 10.1. The van der Waals surface area contributed by atoms with Gasteiger partial charge in [0.1, 0.15) is 23.9 Å². The molecule has 3 rings (SSSR count). The number of halogens is 1. The van der Waals surface area contributed by atoms with Crippen molar-refractivity contribution in [2.45, 2.75) is 26.4 Å². The molecule has 2 aromatic carbocycles. The van der Waals surface area contributed by atoms with Crippen LogP contribution in [0.4, 0.5) is 9.18 Å². The highest BCUT2D eigenvalue weighted by molar-refractivity contribution is 5.75. The number of hydrogen-bond donors (Lipinski definition) is 2. The fourth-order valence-electron chi connectivity index (χ4n) is 2.77. The normalized spacial score (nSPS) is 14.9. The first-order chi connectivity index (χ1) is 11.9. The zero-order valence-corrected chi connectivity index (χ0v) is 14.3. The lowest BCUT2D eigenvalue weighted by molar-refractivity contribution is 0.184. The van der Waals surface area contributed by atoms with Gasteiger partial charge >= 0.3 is 6.03 Å². The summed E-state index contributed by atoms with van der Waals surface area (Å²) in [6.45, 7) is 4.68. The highest BCUT2D eigenvalue weighted by atomic mass is 19.1. The van der Waals surface area contributed by atoms with Crippen molar-refractivity contribution in [3.05, 3.63) is 58.9 Å². The fourth-order valence-corrected chi connectivity index (χ4v) is 2.77. The second-order valence-corrected chi connectivity index (χ2v) is 6.24. The number of rotatable bonds is 2. The van der Waals surface area contributed by atoms with Gasteiger partial charge in [-0.15, -0.1) is 0 Å². The highest BCUT2D eigenvalue weighted by Crippen LogP contribution is 2.27. The van der Waals surface area contributed by atoms with E-state index in [1.54, 1.807) is 36.1 Å². The maximum Gasteiger partial charge on any atom is 0.318 e. The largest absolute Gasteiger partial charge is 0.508 e. The van der Waals surface area contributed by atoms with Gasteiger partial charge in [0, 0.05) is 11.6 Å². The van der Waals surface area contributed by atoms with E-state index in [2.05, 4.69) is 5.32 Å². The zero-order chi connectivity index (χ0) is 18.0. The Bertz CT molecular complexity index is 794. The van der Waals surface area contributed by atoms with E-state index in [1.807, 2.05) is 13.0 Å². The van der Waals surface area contributed by atoms with Gasteiger partial charge in [0.05, 0.1) is 19.1 Å². The molecule has 6 heteroatoms. The maximum absolute atomic E-state index is 13.7. The average Bonchev–Trinajstić information content (AvgIpc) is 2.79. The van der Waals surface area contributed by atoms with Crippen molar-refractivity contribution in [2.24, 2.45) is 0 Å². The molecule has 0 fully saturated rings. The van der Waals surface area contributed by atoms with Gasteiger partial charge in [-0.3, -0.25) is 0 Å². The number of urea groups is 1. The molecule has 2 amide bonds. The fraction of sp³-hybridized carbons (Fsp3) is 0.316. The number of phenolic OH excluding ortho intramolecular Hbond substituents is 1. The van der Waals surface area contributed by atoms with Crippen LogP contribution in [-0.2, 0) is 6.54 Å². The van der Waals surface area contributed by atoms with Gasteiger partial charge in [0.2, 0.25) is 0 Å². The van der Waals surface area contributed by atoms with E-state index in [4.69, 9.17) is 4.74 Å². The minimum Gasteiger partial charge on any atom is -0.508 e. The minimum atomic E-state index is -0.314. The molecule has 1 heterocycles. The van der Waals surface area contributed by atoms with Crippen molar-refractivity contribution in [3.63, 3.8) is 0 Å². The number of ether oxygens (including phenoxy) is 1. The molecule has 5 nitrogen and oxygen atoms in total. The van der Waals surface area contributed by atoms with E-state index in [9.17, 15) is 14.3 Å². The monoisotopic (exact) mass is 344 g/mol. The van der Waals surface area contributed by atoms with E-state index >= 15 is 0 Å². The SMILES string of the molecule is Cc1ccc([C@@H](C)NC(=O)N2CCOc3cc(O)ccc3C2)cc1F. The number of carbonyl (C=O) groups is 1. The third kappa shape index (κ3) is 3.84. The van der Waals surface area contributed by atoms with Crippen LogP contribution in [0.15, 0.2) is 36.4 Å². The molecule has 0 bridgehead atoms. The summed E-state index contributed by atoms with van der Waals surface area (Å²) in [7, 11) is 0. The maximum atomic E-state index is 13.7. The summed E-state index contributed by atoms with van der Waals surface area (Å²) >= 11 is 0. The van der Waals surface area contributed by atoms with E-state index in [1.165, 1.54) is 6.07 Å². The highest BCUT2D eigenvalue weighted by Gasteiger charge is 2.21. The van der Waals surface area contributed by atoms with Crippen molar-refractivity contribution >= 4 is 6.03 Å². The number of benzene rings is 2. The summed E-state index contributed by atoms with van der Waals surface area (Å²) in [5, 5.41) is 12.4. The molecule has 0 saturated carbocycles. The van der Waals surface area contributed by atoms with E-state index in [0.29, 0.717) is 36.6 Å². The molecular formula is C19H21FN2O3. The Kier molecular flexibility index (Phi) is 4.79. The first-order valence-electron chi connectivity index (χ1n) is 8.20. The van der Waals surface area contributed by atoms with Crippen LogP contribution in [0.25, 0.3) is 0 Å². The van der Waals surface area contributed by atoms with Crippen molar-refractivity contribution in [1.82, 2.24) is 10.2 Å². The Morgan fingerprint density at radius 1 is 1.32 bits per heavy atom. The quantitative estimate of drug-likeness (QED) is 0.876. The summed E-state index contributed by atoms with van der Waals surface area (Å²) in [6, 6.07) is 9.28. The van der Waals surface area contributed by atoms with Crippen molar-refractivity contribution in [2.75, 3.05) is 13.2 Å².